The summed E-state index contributed by atoms with van der Waals surface area (Å²) in [5.41, 5.74) is 3.46. The molecule has 1 aliphatic rings. The van der Waals surface area contributed by atoms with Gasteiger partial charge in [0.15, 0.2) is 0 Å². The van der Waals surface area contributed by atoms with E-state index >= 15 is 0 Å². The first-order valence-electron chi connectivity index (χ1n) is 6.85. The first-order valence-corrected chi connectivity index (χ1v) is 6.85. The average molecular weight is 275 g/mol. The molecule has 1 fully saturated rings. The summed E-state index contributed by atoms with van der Waals surface area (Å²) in [6.07, 6.45) is 0. The zero-order valence-electron chi connectivity index (χ0n) is 12.1. The van der Waals surface area contributed by atoms with E-state index in [0.717, 1.165) is 11.1 Å². The fourth-order valence-electron chi connectivity index (χ4n) is 2.37. The molecular formula is C15H21N3O2. The highest BCUT2D eigenvalue weighted by Gasteiger charge is 2.25. The Labute approximate surface area is 119 Å². The van der Waals surface area contributed by atoms with Crippen molar-refractivity contribution < 1.29 is 9.59 Å². The van der Waals surface area contributed by atoms with Crippen molar-refractivity contribution in [1.29, 1.82) is 0 Å². The van der Waals surface area contributed by atoms with Crippen LogP contribution in [-0.4, -0.2) is 30.9 Å². The molecule has 20 heavy (non-hydrogen) atoms. The van der Waals surface area contributed by atoms with Crippen LogP contribution in [0.1, 0.15) is 29.7 Å². The van der Waals surface area contributed by atoms with E-state index in [9.17, 15) is 9.59 Å². The number of hydrogen-bond donors (Lipinski definition) is 3. The van der Waals surface area contributed by atoms with E-state index in [1.807, 2.05) is 20.8 Å². The van der Waals surface area contributed by atoms with Crippen LogP contribution < -0.4 is 16.0 Å². The molecule has 2 amide bonds. The highest BCUT2D eigenvalue weighted by Crippen LogP contribution is 2.18. The second-order valence-electron chi connectivity index (χ2n) is 5.33. The van der Waals surface area contributed by atoms with E-state index in [2.05, 4.69) is 34.1 Å². The van der Waals surface area contributed by atoms with Crippen LogP contribution in [0.15, 0.2) is 18.2 Å². The molecule has 1 aromatic rings. The smallest absolute Gasteiger partial charge is 0.239 e. The Bertz CT molecular complexity index is 518. The van der Waals surface area contributed by atoms with Crippen molar-refractivity contribution in [2.75, 3.05) is 13.1 Å². The lowest BCUT2D eigenvalue weighted by molar-refractivity contribution is -0.127. The van der Waals surface area contributed by atoms with Crippen LogP contribution in [0.25, 0.3) is 0 Å². The molecule has 0 saturated carbocycles. The van der Waals surface area contributed by atoms with Gasteiger partial charge in [0.25, 0.3) is 0 Å². The number of benzene rings is 1. The zero-order chi connectivity index (χ0) is 14.7. The van der Waals surface area contributed by atoms with Crippen LogP contribution in [0.2, 0.25) is 0 Å². The maximum Gasteiger partial charge on any atom is 0.239 e. The lowest BCUT2D eigenvalue weighted by Crippen LogP contribution is -2.58. The molecule has 1 aromatic carbocycles. The first kappa shape index (κ1) is 14.5. The lowest BCUT2D eigenvalue weighted by atomic mass is 9.99. The summed E-state index contributed by atoms with van der Waals surface area (Å²) >= 11 is 0. The Morgan fingerprint density at radius 1 is 1.40 bits per heavy atom. The maximum absolute atomic E-state index is 12.2. The van der Waals surface area contributed by atoms with Gasteiger partial charge in [-0.15, -0.1) is 0 Å². The summed E-state index contributed by atoms with van der Waals surface area (Å²) in [6.45, 7) is 6.58. The summed E-state index contributed by atoms with van der Waals surface area (Å²) in [5.74, 6) is -0.157. The van der Waals surface area contributed by atoms with Crippen molar-refractivity contribution in [3.8, 4) is 0 Å². The van der Waals surface area contributed by atoms with Crippen molar-refractivity contribution in [1.82, 2.24) is 16.0 Å². The van der Waals surface area contributed by atoms with Crippen molar-refractivity contribution in [3.63, 3.8) is 0 Å². The average Bonchev–Trinajstić information content (AvgIpc) is 2.42. The molecule has 3 N–H and O–H groups in total. The molecule has 5 heteroatoms. The minimum atomic E-state index is -0.361. The quantitative estimate of drug-likeness (QED) is 0.755. The summed E-state index contributed by atoms with van der Waals surface area (Å²) in [4.78, 5) is 23.2. The van der Waals surface area contributed by atoms with Gasteiger partial charge in [-0.25, -0.2) is 0 Å². The summed E-state index contributed by atoms with van der Waals surface area (Å²) in [7, 11) is 0. The van der Waals surface area contributed by atoms with E-state index in [4.69, 9.17) is 0 Å². The van der Waals surface area contributed by atoms with Crippen LogP contribution in [0, 0.1) is 13.8 Å². The largest absolute Gasteiger partial charge is 0.353 e. The fourth-order valence-corrected chi connectivity index (χ4v) is 2.37. The van der Waals surface area contributed by atoms with E-state index in [0.29, 0.717) is 6.54 Å². The van der Waals surface area contributed by atoms with Gasteiger partial charge in [-0.1, -0.05) is 23.8 Å². The number of piperazine rings is 1. The molecule has 0 bridgehead atoms. The Hall–Kier alpha value is -1.88. The van der Waals surface area contributed by atoms with Crippen LogP contribution in [0.5, 0.6) is 0 Å². The molecule has 0 aliphatic carbocycles. The second kappa shape index (κ2) is 6.05. The SMILES string of the molecule is Cc1ccc(C)c(C(C)NC(=O)C2CNC(=O)CN2)c1. The third-order valence-electron chi connectivity index (χ3n) is 3.59. The Kier molecular flexibility index (Phi) is 4.39. The third kappa shape index (κ3) is 3.36. The van der Waals surface area contributed by atoms with Crippen molar-refractivity contribution in [3.05, 3.63) is 34.9 Å². The molecule has 1 heterocycles. The molecule has 0 spiro atoms. The molecule has 2 rings (SSSR count). The standard InChI is InChI=1S/C15H21N3O2/c1-9-4-5-10(2)12(6-9)11(3)18-15(20)13-7-17-14(19)8-16-13/h4-6,11,13,16H,7-8H2,1-3H3,(H,17,19)(H,18,20). The van der Waals surface area contributed by atoms with Crippen molar-refractivity contribution in [2.24, 2.45) is 0 Å². The molecule has 1 aliphatic heterocycles. The predicted molar refractivity (Wildman–Crippen MR) is 77.3 cm³/mol. The number of carbonyl (C=O) groups excluding carboxylic acids is 2. The molecule has 1 saturated heterocycles. The van der Waals surface area contributed by atoms with Gasteiger partial charge < -0.3 is 10.6 Å². The van der Waals surface area contributed by atoms with Gasteiger partial charge in [-0.05, 0) is 31.9 Å². The van der Waals surface area contributed by atoms with Gasteiger partial charge in [-0.2, -0.15) is 0 Å². The lowest BCUT2D eigenvalue weighted by Gasteiger charge is -2.25. The Balaban J connectivity index is 2.00. The highest BCUT2D eigenvalue weighted by molar-refractivity contribution is 5.87. The van der Waals surface area contributed by atoms with Crippen LogP contribution in [0.3, 0.4) is 0 Å². The number of hydrogen-bond acceptors (Lipinski definition) is 3. The fraction of sp³-hybridized carbons (Fsp3) is 0.467. The van der Waals surface area contributed by atoms with Crippen molar-refractivity contribution in [2.45, 2.75) is 32.9 Å². The molecule has 108 valence electrons. The minimum absolute atomic E-state index is 0.0539. The Morgan fingerprint density at radius 3 is 2.80 bits per heavy atom. The van der Waals surface area contributed by atoms with Crippen molar-refractivity contribution >= 4 is 11.8 Å². The van der Waals surface area contributed by atoms with Gasteiger partial charge >= 0.3 is 0 Å². The number of nitrogens with one attached hydrogen (secondary N) is 3. The second-order valence-corrected chi connectivity index (χ2v) is 5.33. The van der Waals surface area contributed by atoms with Gasteiger partial charge in [0, 0.05) is 6.54 Å². The van der Waals surface area contributed by atoms with Gasteiger partial charge in [0.05, 0.1) is 12.6 Å². The number of aryl methyl sites for hydroxylation is 2. The molecular weight excluding hydrogens is 254 g/mol. The monoisotopic (exact) mass is 275 g/mol. The minimum Gasteiger partial charge on any atom is -0.353 e. The van der Waals surface area contributed by atoms with E-state index in [1.165, 1.54) is 5.56 Å². The number of amides is 2. The maximum atomic E-state index is 12.2. The van der Waals surface area contributed by atoms with Gasteiger partial charge in [0.1, 0.15) is 6.04 Å². The predicted octanol–water partition coefficient (Wildman–Crippen LogP) is 0.569. The zero-order valence-corrected chi connectivity index (χ0v) is 12.1. The highest BCUT2D eigenvalue weighted by atomic mass is 16.2. The first-order chi connectivity index (χ1) is 9.47. The van der Waals surface area contributed by atoms with E-state index in [1.54, 1.807) is 0 Å². The normalized spacial score (nSPS) is 20.1. The summed E-state index contributed by atoms with van der Waals surface area (Å²) < 4.78 is 0. The third-order valence-corrected chi connectivity index (χ3v) is 3.59. The summed E-state index contributed by atoms with van der Waals surface area (Å²) in [5, 5.41) is 8.61. The topological polar surface area (TPSA) is 70.2 Å². The number of rotatable bonds is 3. The molecule has 0 aromatic heterocycles. The van der Waals surface area contributed by atoms with Crippen LogP contribution >= 0.6 is 0 Å². The molecule has 2 atom stereocenters. The number of carbonyl (C=O) groups is 2. The molecule has 0 radical (unpaired) electrons. The van der Waals surface area contributed by atoms with Gasteiger partial charge in [-0.3, -0.25) is 14.9 Å². The van der Waals surface area contributed by atoms with E-state index in [-0.39, 0.29) is 30.4 Å². The van der Waals surface area contributed by atoms with Crippen LogP contribution in [-0.2, 0) is 9.59 Å². The van der Waals surface area contributed by atoms with Crippen LogP contribution in [0.4, 0.5) is 0 Å². The summed E-state index contributed by atoms with van der Waals surface area (Å²) in [6, 6.07) is 5.80. The van der Waals surface area contributed by atoms with Gasteiger partial charge in [0.2, 0.25) is 11.8 Å². The molecule has 5 nitrogen and oxygen atoms in total. The Morgan fingerprint density at radius 2 is 2.15 bits per heavy atom. The van der Waals surface area contributed by atoms with E-state index < -0.39 is 0 Å². The molecule has 2 unspecified atom stereocenters.